The predicted molar refractivity (Wildman–Crippen MR) is 118 cm³/mol. The number of aromatic nitrogens is 1. The molecule has 156 valence electrons. The summed E-state index contributed by atoms with van der Waals surface area (Å²) in [6.45, 7) is 1.86. The van der Waals surface area contributed by atoms with E-state index in [0.29, 0.717) is 33.0 Å². The Hall–Kier alpha value is -4.01. The van der Waals surface area contributed by atoms with Crippen LogP contribution in [0.2, 0.25) is 0 Å². The van der Waals surface area contributed by atoms with Gasteiger partial charge in [0.05, 0.1) is 31.5 Å². The summed E-state index contributed by atoms with van der Waals surface area (Å²) in [4.78, 5) is 13.4. The van der Waals surface area contributed by atoms with E-state index in [-0.39, 0.29) is 15.8 Å². The van der Waals surface area contributed by atoms with Gasteiger partial charge in [-0.3, -0.25) is 9.36 Å². The highest BCUT2D eigenvalue weighted by atomic mass is 32.1. The number of nitriles is 2. The fraction of sp³-hybridized carbons (Fsp3) is 0.174. The molecule has 0 amide bonds. The van der Waals surface area contributed by atoms with Crippen LogP contribution in [-0.4, -0.2) is 25.9 Å². The molecule has 0 fully saturated rings. The molecule has 0 aliphatic heterocycles. The van der Waals surface area contributed by atoms with Crippen molar-refractivity contribution in [3.05, 3.63) is 67.1 Å². The number of nitrogens with zero attached hydrogens (tertiary/aromatic N) is 3. The van der Waals surface area contributed by atoms with Crippen LogP contribution in [0.15, 0.2) is 41.2 Å². The summed E-state index contributed by atoms with van der Waals surface area (Å²) in [6.07, 6.45) is 1.65. The topological polar surface area (TPSA) is 97.3 Å². The van der Waals surface area contributed by atoms with Crippen LogP contribution in [0.5, 0.6) is 17.2 Å². The lowest BCUT2D eigenvalue weighted by Gasteiger charge is -2.13. The summed E-state index contributed by atoms with van der Waals surface area (Å²) in [5.41, 5.74) is 1.57. The van der Waals surface area contributed by atoms with E-state index in [1.54, 1.807) is 30.3 Å². The minimum absolute atomic E-state index is 0.135. The molecule has 3 rings (SSSR count). The second-order valence-electron chi connectivity index (χ2n) is 6.37. The number of methoxy groups -OCH3 is 3. The quantitative estimate of drug-likeness (QED) is 0.612. The molecular formula is C23H19N3O4S. The number of thiazole rings is 1. The Morgan fingerprint density at radius 3 is 2.26 bits per heavy atom. The van der Waals surface area contributed by atoms with E-state index in [4.69, 9.17) is 14.2 Å². The summed E-state index contributed by atoms with van der Waals surface area (Å²) in [5, 5.41) is 18.9. The highest BCUT2D eigenvalue weighted by molar-refractivity contribution is 7.07. The number of hydrogen-bond acceptors (Lipinski definition) is 7. The Labute approximate surface area is 182 Å². The van der Waals surface area contributed by atoms with Crippen molar-refractivity contribution in [1.82, 2.24) is 4.57 Å². The molecule has 3 aromatic rings. The smallest absolute Gasteiger partial charge is 0.273 e. The lowest BCUT2D eigenvalue weighted by atomic mass is 10.1. The SMILES string of the molecule is COc1ccc(/C=c2/sc(=C(C#N)C#N)n(-c3ccccc3C)c2=O)c(OC)c1OC. The average Bonchev–Trinajstić information content (AvgIpc) is 3.10. The molecule has 0 aliphatic rings. The first-order valence-corrected chi connectivity index (χ1v) is 9.95. The van der Waals surface area contributed by atoms with E-state index in [0.717, 1.165) is 16.9 Å². The highest BCUT2D eigenvalue weighted by Crippen LogP contribution is 2.39. The van der Waals surface area contributed by atoms with E-state index in [1.807, 2.05) is 31.2 Å². The van der Waals surface area contributed by atoms with Crippen LogP contribution in [-0.2, 0) is 0 Å². The summed E-state index contributed by atoms with van der Waals surface area (Å²) in [7, 11) is 4.52. The normalized spacial score (nSPS) is 10.8. The molecule has 2 aromatic carbocycles. The van der Waals surface area contributed by atoms with Gasteiger partial charge in [0.15, 0.2) is 17.1 Å². The molecule has 1 aromatic heterocycles. The van der Waals surface area contributed by atoms with Crippen molar-refractivity contribution in [2.45, 2.75) is 6.92 Å². The molecule has 0 atom stereocenters. The van der Waals surface area contributed by atoms with Gasteiger partial charge in [0.25, 0.3) is 5.56 Å². The molecule has 0 bridgehead atoms. The first kappa shape index (κ1) is 21.7. The Bertz CT molecular complexity index is 1390. The van der Waals surface area contributed by atoms with Crippen molar-refractivity contribution in [3.63, 3.8) is 0 Å². The molecule has 0 unspecified atom stereocenters. The van der Waals surface area contributed by atoms with E-state index >= 15 is 0 Å². The van der Waals surface area contributed by atoms with Crippen LogP contribution in [0, 0.1) is 29.6 Å². The number of hydrogen-bond donors (Lipinski definition) is 0. The Kier molecular flexibility index (Phi) is 6.44. The van der Waals surface area contributed by atoms with Gasteiger partial charge in [0.1, 0.15) is 16.8 Å². The number of rotatable bonds is 5. The number of para-hydroxylation sites is 1. The van der Waals surface area contributed by atoms with Gasteiger partial charge in [-0.05, 0) is 36.8 Å². The first-order valence-electron chi connectivity index (χ1n) is 9.13. The van der Waals surface area contributed by atoms with Crippen molar-refractivity contribution in [3.8, 4) is 35.1 Å². The molecule has 31 heavy (non-hydrogen) atoms. The molecule has 0 N–H and O–H groups in total. The van der Waals surface area contributed by atoms with E-state index in [2.05, 4.69) is 0 Å². The molecule has 0 aliphatic carbocycles. The molecular weight excluding hydrogens is 414 g/mol. The van der Waals surface area contributed by atoms with Crippen LogP contribution >= 0.6 is 11.3 Å². The van der Waals surface area contributed by atoms with Gasteiger partial charge in [-0.1, -0.05) is 18.2 Å². The second-order valence-corrected chi connectivity index (χ2v) is 7.40. The van der Waals surface area contributed by atoms with Crippen LogP contribution in [0.1, 0.15) is 11.1 Å². The fourth-order valence-corrected chi connectivity index (χ4v) is 4.22. The Morgan fingerprint density at radius 2 is 1.68 bits per heavy atom. The van der Waals surface area contributed by atoms with Gasteiger partial charge in [-0.15, -0.1) is 11.3 Å². The van der Waals surface area contributed by atoms with Crippen molar-refractivity contribution in [2.24, 2.45) is 0 Å². The van der Waals surface area contributed by atoms with Gasteiger partial charge in [0, 0.05) is 5.56 Å². The summed E-state index contributed by atoms with van der Waals surface area (Å²) in [6, 6.07) is 14.5. The van der Waals surface area contributed by atoms with Crippen molar-refractivity contribution in [2.75, 3.05) is 21.3 Å². The van der Waals surface area contributed by atoms with Crippen LogP contribution in [0.25, 0.3) is 17.3 Å². The van der Waals surface area contributed by atoms with Crippen molar-refractivity contribution in [1.29, 1.82) is 10.5 Å². The number of benzene rings is 2. The lowest BCUT2D eigenvalue weighted by molar-refractivity contribution is 0.324. The summed E-state index contributed by atoms with van der Waals surface area (Å²) < 4.78 is 18.2. The monoisotopic (exact) mass is 433 g/mol. The fourth-order valence-electron chi connectivity index (χ4n) is 3.18. The largest absolute Gasteiger partial charge is 0.493 e. The lowest BCUT2D eigenvalue weighted by Crippen LogP contribution is -2.31. The third kappa shape index (κ3) is 3.89. The Balaban J connectivity index is 2.43. The molecule has 0 saturated heterocycles. The third-order valence-corrected chi connectivity index (χ3v) is 5.73. The molecule has 7 nitrogen and oxygen atoms in total. The Morgan fingerprint density at radius 1 is 1.00 bits per heavy atom. The third-order valence-electron chi connectivity index (χ3n) is 4.64. The molecule has 8 heteroatoms. The molecule has 0 saturated carbocycles. The maximum atomic E-state index is 13.4. The minimum atomic E-state index is -0.339. The van der Waals surface area contributed by atoms with Crippen LogP contribution in [0.4, 0.5) is 0 Å². The van der Waals surface area contributed by atoms with Gasteiger partial charge >= 0.3 is 0 Å². The van der Waals surface area contributed by atoms with E-state index < -0.39 is 0 Å². The van der Waals surface area contributed by atoms with Gasteiger partial charge in [-0.25, -0.2) is 0 Å². The zero-order chi connectivity index (χ0) is 22.5. The predicted octanol–water partition coefficient (Wildman–Crippen LogP) is 2.26. The zero-order valence-electron chi connectivity index (χ0n) is 17.4. The van der Waals surface area contributed by atoms with Crippen molar-refractivity contribution < 1.29 is 14.2 Å². The van der Waals surface area contributed by atoms with Crippen LogP contribution in [0.3, 0.4) is 0 Å². The van der Waals surface area contributed by atoms with Crippen molar-refractivity contribution >= 4 is 23.0 Å². The van der Waals surface area contributed by atoms with Gasteiger partial charge in [0.2, 0.25) is 5.75 Å². The molecule has 0 radical (unpaired) electrons. The van der Waals surface area contributed by atoms with Gasteiger partial charge < -0.3 is 14.2 Å². The maximum Gasteiger partial charge on any atom is 0.273 e. The van der Waals surface area contributed by atoms with E-state index in [9.17, 15) is 15.3 Å². The minimum Gasteiger partial charge on any atom is -0.493 e. The molecule has 0 spiro atoms. The summed E-state index contributed by atoms with van der Waals surface area (Å²) >= 11 is 1.07. The number of aryl methyl sites for hydroxylation is 1. The summed E-state index contributed by atoms with van der Waals surface area (Å²) in [5.74, 6) is 1.30. The van der Waals surface area contributed by atoms with Crippen LogP contribution < -0.4 is 29.0 Å². The first-order chi connectivity index (χ1) is 15.0. The zero-order valence-corrected chi connectivity index (χ0v) is 18.2. The van der Waals surface area contributed by atoms with Gasteiger partial charge in [-0.2, -0.15) is 10.5 Å². The molecule has 1 heterocycles. The standard InChI is InChI=1S/C23H19N3O4S/c1-14-7-5-6-8-17(14)26-22(27)19(31-23(26)16(12-24)13-25)11-15-9-10-18(28-2)21(30-4)20(15)29-3/h5-11H,1-4H3/b19-11+. The highest BCUT2D eigenvalue weighted by Gasteiger charge is 2.17. The second kappa shape index (κ2) is 9.21. The number of ether oxygens (including phenoxy) is 3. The maximum absolute atomic E-state index is 13.4. The average molecular weight is 433 g/mol. The van der Waals surface area contributed by atoms with E-state index in [1.165, 1.54) is 25.9 Å².